The number of benzene rings is 1. The van der Waals surface area contributed by atoms with E-state index in [0.717, 1.165) is 12.8 Å². The molecule has 0 aromatic heterocycles. The Morgan fingerprint density at radius 2 is 2.04 bits per heavy atom. The number of nitrogens with zero attached hydrogens (tertiary/aromatic N) is 1. The highest BCUT2D eigenvalue weighted by molar-refractivity contribution is 8.00. The summed E-state index contributed by atoms with van der Waals surface area (Å²) in [7, 11) is 0. The zero-order valence-electron chi connectivity index (χ0n) is 14.6. The molecule has 0 radical (unpaired) electrons. The fourth-order valence-electron chi connectivity index (χ4n) is 2.67. The lowest BCUT2D eigenvalue weighted by Crippen LogP contribution is -2.47. The van der Waals surface area contributed by atoms with Gasteiger partial charge in [0.05, 0.1) is 22.0 Å². The summed E-state index contributed by atoms with van der Waals surface area (Å²) in [6.45, 7) is 6.50. The van der Waals surface area contributed by atoms with Gasteiger partial charge < -0.3 is 9.64 Å². The number of ether oxygens (including phenoxy) is 1. The van der Waals surface area contributed by atoms with Crippen LogP contribution in [-0.2, 0) is 9.53 Å². The van der Waals surface area contributed by atoms with Gasteiger partial charge in [0, 0.05) is 11.3 Å². The molecular formula is C18H23Cl2NO3S. The van der Waals surface area contributed by atoms with E-state index in [0.29, 0.717) is 28.0 Å². The van der Waals surface area contributed by atoms with Crippen LogP contribution in [-0.4, -0.2) is 40.6 Å². The molecule has 0 spiro atoms. The maximum Gasteiger partial charge on any atom is 0.329 e. The van der Waals surface area contributed by atoms with Crippen molar-refractivity contribution in [3.8, 4) is 0 Å². The van der Waals surface area contributed by atoms with Crippen molar-refractivity contribution in [2.45, 2.75) is 45.0 Å². The molecule has 7 heteroatoms. The number of hydrogen-bond donors (Lipinski definition) is 0. The molecule has 1 aliphatic heterocycles. The van der Waals surface area contributed by atoms with Gasteiger partial charge in [-0.15, -0.1) is 11.8 Å². The van der Waals surface area contributed by atoms with Gasteiger partial charge in [0.15, 0.2) is 0 Å². The third-order valence-corrected chi connectivity index (χ3v) is 6.38. The monoisotopic (exact) mass is 403 g/mol. The molecule has 2 atom stereocenters. The summed E-state index contributed by atoms with van der Waals surface area (Å²) in [6, 6.07) is 4.21. The Kier molecular flexibility index (Phi) is 7.47. The smallest absolute Gasteiger partial charge is 0.329 e. The largest absolute Gasteiger partial charge is 0.464 e. The molecule has 2 rings (SSSR count). The van der Waals surface area contributed by atoms with Gasteiger partial charge in [0.1, 0.15) is 6.04 Å². The van der Waals surface area contributed by atoms with Gasteiger partial charge in [0.2, 0.25) is 0 Å². The van der Waals surface area contributed by atoms with Crippen molar-refractivity contribution in [2.75, 3.05) is 12.4 Å². The minimum atomic E-state index is -0.573. The summed E-state index contributed by atoms with van der Waals surface area (Å²) in [5, 5.41) is 0.637. The first-order valence-electron chi connectivity index (χ1n) is 8.42. The summed E-state index contributed by atoms with van der Waals surface area (Å²) >= 11 is 13.6. The Morgan fingerprint density at radius 3 is 2.64 bits per heavy atom. The highest BCUT2D eigenvalue weighted by atomic mass is 35.5. The number of rotatable bonds is 6. The molecule has 1 heterocycles. The number of hydrogen-bond acceptors (Lipinski definition) is 4. The Morgan fingerprint density at radius 1 is 1.32 bits per heavy atom. The van der Waals surface area contributed by atoms with E-state index in [2.05, 4.69) is 0 Å². The molecule has 0 aliphatic carbocycles. The van der Waals surface area contributed by atoms with Crippen LogP contribution in [0.25, 0.3) is 0 Å². The molecule has 1 saturated heterocycles. The number of unbranched alkanes of at least 4 members (excludes halogenated alkanes) is 1. The summed E-state index contributed by atoms with van der Waals surface area (Å²) in [5.74, 6) is 0.198. The first kappa shape index (κ1) is 20.4. The SMILES string of the molecule is CCCCOC(=O)[C@@H]1CS[C@@H](C(C)C)N1C(=O)c1ccc(Cl)c(Cl)c1. The highest BCUT2D eigenvalue weighted by Crippen LogP contribution is 2.36. The molecule has 0 bridgehead atoms. The summed E-state index contributed by atoms with van der Waals surface area (Å²) in [4.78, 5) is 27.2. The molecule has 0 saturated carbocycles. The van der Waals surface area contributed by atoms with E-state index < -0.39 is 6.04 Å². The van der Waals surface area contributed by atoms with Crippen molar-refractivity contribution in [2.24, 2.45) is 5.92 Å². The minimum absolute atomic E-state index is 0.0781. The second-order valence-electron chi connectivity index (χ2n) is 6.35. The maximum absolute atomic E-state index is 13.1. The highest BCUT2D eigenvalue weighted by Gasteiger charge is 2.43. The van der Waals surface area contributed by atoms with Gasteiger partial charge in [0.25, 0.3) is 5.91 Å². The molecular weight excluding hydrogens is 381 g/mol. The Hall–Kier alpha value is -0.910. The zero-order valence-corrected chi connectivity index (χ0v) is 17.0. The first-order valence-corrected chi connectivity index (χ1v) is 10.2. The van der Waals surface area contributed by atoms with Gasteiger partial charge in [-0.3, -0.25) is 4.79 Å². The normalized spacial score (nSPS) is 20.2. The Bertz CT molecular complexity index is 639. The van der Waals surface area contributed by atoms with Crippen LogP contribution in [0, 0.1) is 5.92 Å². The van der Waals surface area contributed by atoms with Crippen molar-refractivity contribution in [1.29, 1.82) is 0 Å². The number of halogens is 2. The van der Waals surface area contributed by atoms with Crippen LogP contribution >= 0.6 is 35.0 Å². The Labute approximate surface area is 163 Å². The van der Waals surface area contributed by atoms with Crippen LogP contribution in [0.1, 0.15) is 44.0 Å². The molecule has 1 aromatic carbocycles. The van der Waals surface area contributed by atoms with Gasteiger partial charge in [-0.1, -0.05) is 50.4 Å². The lowest BCUT2D eigenvalue weighted by atomic mass is 10.1. The van der Waals surface area contributed by atoms with Crippen LogP contribution in [0.3, 0.4) is 0 Å². The van der Waals surface area contributed by atoms with Crippen LogP contribution in [0.15, 0.2) is 18.2 Å². The van der Waals surface area contributed by atoms with E-state index in [-0.39, 0.29) is 23.2 Å². The van der Waals surface area contributed by atoms with Gasteiger partial charge in [-0.25, -0.2) is 4.79 Å². The zero-order chi connectivity index (χ0) is 18.6. The van der Waals surface area contributed by atoms with E-state index in [4.69, 9.17) is 27.9 Å². The molecule has 1 amide bonds. The summed E-state index contributed by atoms with van der Waals surface area (Å²) < 4.78 is 5.36. The lowest BCUT2D eigenvalue weighted by Gasteiger charge is -2.30. The number of thioether (sulfide) groups is 1. The van der Waals surface area contributed by atoms with Crippen LogP contribution in [0.4, 0.5) is 0 Å². The van der Waals surface area contributed by atoms with Crippen LogP contribution < -0.4 is 0 Å². The van der Waals surface area contributed by atoms with Crippen molar-refractivity contribution in [3.63, 3.8) is 0 Å². The molecule has 25 heavy (non-hydrogen) atoms. The fourth-order valence-corrected chi connectivity index (χ4v) is 4.43. The standard InChI is InChI=1S/C18H23Cl2NO3S/c1-4-5-8-24-18(23)15-10-25-17(11(2)3)21(15)16(22)12-6-7-13(19)14(20)9-12/h6-7,9,11,15,17H,4-5,8,10H2,1-3H3/t15-,17-/m0/s1. The second-order valence-corrected chi connectivity index (χ2v) is 8.31. The van der Waals surface area contributed by atoms with Gasteiger partial charge >= 0.3 is 5.97 Å². The third-order valence-electron chi connectivity index (χ3n) is 4.02. The fraction of sp³-hybridized carbons (Fsp3) is 0.556. The predicted octanol–water partition coefficient (Wildman–Crippen LogP) is 4.88. The van der Waals surface area contributed by atoms with Gasteiger partial charge in [-0.2, -0.15) is 0 Å². The molecule has 138 valence electrons. The predicted molar refractivity (Wildman–Crippen MR) is 103 cm³/mol. The maximum atomic E-state index is 13.1. The molecule has 4 nitrogen and oxygen atoms in total. The average Bonchev–Trinajstić information content (AvgIpc) is 3.02. The number of carbonyl (C=O) groups excluding carboxylic acids is 2. The van der Waals surface area contributed by atoms with Crippen LogP contribution in [0.2, 0.25) is 10.0 Å². The van der Waals surface area contributed by atoms with Crippen molar-refractivity contribution >= 4 is 46.8 Å². The molecule has 1 aromatic rings. The minimum Gasteiger partial charge on any atom is -0.464 e. The van der Waals surface area contributed by atoms with E-state index in [9.17, 15) is 9.59 Å². The number of esters is 1. The average molecular weight is 404 g/mol. The quantitative estimate of drug-likeness (QED) is 0.501. The van der Waals surface area contributed by atoms with Crippen molar-refractivity contribution in [3.05, 3.63) is 33.8 Å². The Balaban J connectivity index is 2.24. The van der Waals surface area contributed by atoms with Crippen LogP contribution in [0.5, 0.6) is 0 Å². The second kappa shape index (κ2) is 9.15. The van der Waals surface area contributed by atoms with E-state index in [1.807, 2.05) is 20.8 Å². The molecule has 1 fully saturated rings. The molecule has 0 N–H and O–H groups in total. The molecule has 1 aliphatic rings. The summed E-state index contributed by atoms with van der Waals surface area (Å²) in [5.41, 5.74) is 0.425. The van der Waals surface area contributed by atoms with Gasteiger partial charge in [-0.05, 0) is 30.5 Å². The van der Waals surface area contributed by atoms with E-state index >= 15 is 0 Å². The summed E-state index contributed by atoms with van der Waals surface area (Å²) in [6.07, 6.45) is 1.77. The lowest BCUT2D eigenvalue weighted by molar-refractivity contribution is -0.148. The van der Waals surface area contributed by atoms with Crippen molar-refractivity contribution in [1.82, 2.24) is 4.90 Å². The van der Waals surface area contributed by atoms with Crippen molar-refractivity contribution < 1.29 is 14.3 Å². The third kappa shape index (κ3) is 4.83. The molecule has 0 unspecified atom stereocenters. The topological polar surface area (TPSA) is 46.6 Å². The van der Waals surface area contributed by atoms with E-state index in [1.165, 1.54) is 0 Å². The number of carbonyl (C=O) groups is 2. The van der Waals surface area contributed by atoms with E-state index in [1.54, 1.807) is 34.9 Å². The first-order chi connectivity index (χ1) is 11.9. The number of amides is 1.